The second-order valence-electron chi connectivity index (χ2n) is 16.5. The van der Waals surface area contributed by atoms with E-state index in [0.29, 0.717) is 19.3 Å². The topological polar surface area (TPSA) is 95.9 Å². The summed E-state index contributed by atoms with van der Waals surface area (Å²) in [6, 6.07) is -0.695. The number of nitrogens with one attached hydrogen (secondary N) is 1. The van der Waals surface area contributed by atoms with Crippen molar-refractivity contribution in [2.75, 3.05) is 6.61 Å². The van der Waals surface area contributed by atoms with Gasteiger partial charge in [0.2, 0.25) is 5.91 Å². The number of carbonyl (C=O) groups excluding carboxylic acids is 2. The summed E-state index contributed by atoms with van der Waals surface area (Å²) >= 11 is 0. The first-order valence-electron chi connectivity index (χ1n) is 24.1. The molecule has 3 unspecified atom stereocenters. The van der Waals surface area contributed by atoms with Crippen LogP contribution in [0.2, 0.25) is 0 Å². The monoisotopic (exact) mass is 776 g/mol. The average molecular weight is 776 g/mol. The molecule has 0 aromatic heterocycles. The van der Waals surface area contributed by atoms with Gasteiger partial charge in [-0.25, -0.2) is 0 Å². The van der Waals surface area contributed by atoms with Crippen molar-refractivity contribution in [3.8, 4) is 0 Å². The number of carbonyl (C=O) groups is 2. The predicted octanol–water partition coefficient (Wildman–Crippen LogP) is 14.0. The highest BCUT2D eigenvalue weighted by Crippen LogP contribution is 2.18. The van der Waals surface area contributed by atoms with Gasteiger partial charge in [-0.1, -0.05) is 206 Å². The molecule has 0 spiro atoms. The lowest BCUT2D eigenvalue weighted by atomic mass is 10.0. The van der Waals surface area contributed by atoms with Gasteiger partial charge >= 0.3 is 5.97 Å². The van der Waals surface area contributed by atoms with Crippen LogP contribution in [0.4, 0.5) is 0 Å². The Bertz CT molecular complexity index is 873. The van der Waals surface area contributed by atoms with Crippen LogP contribution >= 0.6 is 0 Å². The second-order valence-corrected chi connectivity index (χ2v) is 16.5. The van der Waals surface area contributed by atoms with Gasteiger partial charge in [0.15, 0.2) is 0 Å². The fraction of sp³-hybridized carbons (Fsp3) is 0.878. The van der Waals surface area contributed by atoms with E-state index >= 15 is 0 Å². The quantitative estimate of drug-likeness (QED) is 0.0326. The molecule has 0 saturated carbocycles. The van der Waals surface area contributed by atoms with Crippen molar-refractivity contribution in [1.29, 1.82) is 0 Å². The van der Waals surface area contributed by atoms with Gasteiger partial charge in [-0.3, -0.25) is 9.59 Å². The molecule has 324 valence electrons. The van der Waals surface area contributed by atoms with Crippen LogP contribution in [0.1, 0.15) is 252 Å². The fourth-order valence-electron chi connectivity index (χ4n) is 7.34. The summed E-state index contributed by atoms with van der Waals surface area (Å²) in [5.41, 5.74) is 0. The van der Waals surface area contributed by atoms with Crippen LogP contribution in [0.15, 0.2) is 24.3 Å². The van der Waals surface area contributed by atoms with E-state index in [-0.39, 0.29) is 24.9 Å². The number of ether oxygens (including phenoxy) is 1. The van der Waals surface area contributed by atoms with Gasteiger partial charge < -0.3 is 20.3 Å². The molecular weight excluding hydrogens is 683 g/mol. The number of hydrogen-bond donors (Lipinski definition) is 3. The minimum atomic E-state index is -0.782. The Morgan fingerprint density at radius 2 is 0.927 bits per heavy atom. The number of amides is 1. The molecule has 0 fully saturated rings. The van der Waals surface area contributed by atoms with Crippen LogP contribution in [-0.4, -0.2) is 46.9 Å². The van der Waals surface area contributed by atoms with Gasteiger partial charge in [-0.2, -0.15) is 0 Å². The molecule has 3 N–H and O–H groups in total. The largest absolute Gasteiger partial charge is 0.462 e. The lowest BCUT2D eigenvalue weighted by Gasteiger charge is -2.24. The molecule has 6 nitrogen and oxygen atoms in total. The Kier molecular flexibility index (Phi) is 42.2. The number of aliphatic hydroxyl groups excluding tert-OH is 2. The summed E-state index contributed by atoms with van der Waals surface area (Å²) in [6.07, 6.45) is 48.2. The highest BCUT2D eigenvalue weighted by molar-refractivity contribution is 5.77. The minimum absolute atomic E-state index is 0.0777. The van der Waals surface area contributed by atoms with Crippen LogP contribution in [0.25, 0.3) is 0 Å². The van der Waals surface area contributed by atoms with Gasteiger partial charge in [0, 0.05) is 6.42 Å². The lowest BCUT2D eigenvalue weighted by Crippen LogP contribution is -2.46. The van der Waals surface area contributed by atoms with Crippen LogP contribution in [-0.2, 0) is 14.3 Å². The van der Waals surface area contributed by atoms with Crippen LogP contribution in [0.5, 0.6) is 0 Å². The Labute approximate surface area is 341 Å². The zero-order valence-electron chi connectivity index (χ0n) is 36.8. The maximum absolute atomic E-state index is 13.1. The number of aliphatic hydroxyl groups is 2. The van der Waals surface area contributed by atoms with Crippen LogP contribution < -0.4 is 5.32 Å². The van der Waals surface area contributed by atoms with Gasteiger partial charge in [0.25, 0.3) is 0 Å². The molecule has 3 atom stereocenters. The summed E-state index contributed by atoms with van der Waals surface area (Å²) in [5, 5.41) is 23.6. The van der Waals surface area contributed by atoms with Crippen molar-refractivity contribution in [1.82, 2.24) is 5.32 Å². The second kappa shape index (κ2) is 43.5. The molecule has 0 aromatic rings. The molecule has 0 rings (SSSR count). The van der Waals surface area contributed by atoms with Crippen molar-refractivity contribution in [3.63, 3.8) is 0 Å². The van der Waals surface area contributed by atoms with Gasteiger partial charge in [-0.15, -0.1) is 0 Å². The Morgan fingerprint density at radius 3 is 1.42 bits per heavy atom. The number of allylic oxidation sites excluding steroid dienone is 4. The molecule has 0 saturated heterocycles. The van der Waals surface area contributed by atoms with E-state index in [4.69, 9.17) is 4.74 Å². The van der Waals surface area contributed by atoms with E-state index in [0.717, 1.165) is 64.2 Å². The van der Waals surface area contributed by atoms with E-state index in [1.54, 1.807) is 0 Å². The molecule has 0 aromatic carbocycles. The first-order chi connectivity index (χ1) is 27.0. The first-order valence-corrected chi connectivity index (χ1v) is 24.1. The van der Waals surface area contributed by atoms with Gasteiger partial charge in [0.1, 0.15) is 6.10 Å². The summed E-state index contributed by atoms with van der Waals surface area (Å²) in [4.78, 5) is 25.9. The van der Waals surface area contributed by atoms with E-state index in [9.17, 15) is 19.8 Å². The molecule has 55 heavy (non-hydrogen) atoms. The highest BCUT2D eigenvalue weighted by Gasteiger charge is 2.24. The molecule has 0 aliphatic heterocycles. The predicted molar refractivity (Wildman–Crippen MR) is 236 cm³/mol. The first kappa shape index (κ1) is 53.3. The van der Waals surface area contributed by atoms with E-state index in [1.807, 2.05) is 0 Å². The van der Waals surface area contributed by atoms with Crippen molar-refractivity contribution < 1.29 is 24.5 Å². The molecule has 1 amide bonds. The molecule has 0 heterocycles. The van der Waals surface area contributed by atoms with E-state index < -0.39 is 18.2 Å². The molecule has 6 heteroatoms. The fourth-order valence-corrected chi connectivity index (χ4v) is 7.34. The summed E-state index contributed by atoms with van der Waals surface area (Å²) in [6.45, 7) is 6.42. The highest BCUT2D eigenvalue weighted by atomic mass is 16.5. The molecule has 0 bridgehead atoms. The zero-order valence-corrected chi connectivity index (χ0v) is 36.8. The third-order valence-corrected chi connectivity index (χ3v) is 11.0. The van der Waals surface area contributed by atoms with Crippen LogP contribution in [0, 0.1) is 0 Å². The zero-order chi connectivity index (χ0) is 40.3. The molecule has 0 radical (unpaired) electrons. The molecule has 0 aliphatic carbocycles. The van der Waals surface area contributed by atoms with E-state index in [1.165, 1.54) is 141 Å². The normalized spacial score (nSPS) is 13.5. The minimum Gasteiger partial charge on any atom is -0.462 e. The smallest absolute Gasteiger partial charge is 0.306 e. The van der Waals surface area contributed by atoms with E-state index in [2.05, 4.69) is 50.4 Å². The van der Waals surface area contributed by atoms with Crippen molar-refractivity contribution in [2.24, 2.45) is 0 Å². The number of esters is 1. The third-order valence-electron chi connectivity index (χ3n) is 11.0. The summed E-state index contributed by atoms with van der Waals surface area (Å²) in [5.74, 6) is -0.479. The summed E-state index contributed by atoms with van der Waals surface area (Å²) < 4.78 is 5.88. The standard InChI is InChI=1S/C49H93NO5/c1-4-7-10-13-16-18-20-22-23-24-25-26-28-30-33-36-39-42-49(54)55-45(40-37-34-31-15-12-9-6-3)43-48(53)50-46(44-51)47(52)41-38-35-32-29-27-21-19-17-14-11-8-5-2/h16,18,22-23,45-47,51-52H,4-15,17,19-21,24-44H2,1-3H3,(H,50,53)/b18-16-,23-22-. The SMILES string of the molecule is CCCCC/C=C\C/C=C\CCCCCCCCCC(=O)OC(CCCCCCCCC)CC(=O)NC(CO)C(O)CCCCCCCCCCCCCC. The number of hydrogen-bond acceptors (Lipinski definition) is 5. The maximum atomic E-state index is 13.1. The third kappa shape index (κ3) is 39.0. The van der Waals surface area contributed by atoms with Gasteiger partial charge in [-0.05, 0) is 57.8 Å². The summed E-state index contributed by atoms with van der Waals surface area (Å²) in [7, 11) is 0. The maximum Gasteiger partial charge on any atom is 0.306 e. The van der Waals surface area contributed by atoms with Crippen molar-refractivity contribution in [2.45, 2.75) is 270 Å². The number of rotatable bonds is 43. The Morgan fingerprint density at radius 1 is 0.527 bits per heavy atom. The number of unbranched alkanes of at least 4 members (excludes halogenated alkanes) is 27. The molecule has 0 aliphatic rings. The average Bonchev–Trinajstić information content (AvgIpc) is 3.18. The van der Waals surface area contributed by atoms with Gasteiger partial charge in [0.05, 0.1) is 25.2 Å². The Balaban J connectivity index is 4.39. The van der Waals surface area contributed by atoms with Crippen molar-refractivity contribution >= 4 is 11.9 Å². The van der Waals surface area contributed by atoms with Crippen molar-refractivity contribution in [3.05, 3.63) is 24.3 Å². The lowest BCUT2D eigenvalue weighted by molar-refractivity contribution is -0.151. The molecular formula is C49H93NO5. The van der Waals surface area contributed by atoms with Crippen LogP contribution in [0.3, 0.4) is 0 Å². The Hall–Kier alpha value is -1.66.